The number of aliphatic imine (C=N–C) groups is 1. The van der Waals surface area contributed by atoms with Crippen molar-refractivity contribution in [2.75, 3.05) is 19.8 Å². The van der Waals surface area contributed by atoms with E-state index in [4.69, 9.17) is 28.9 Å². The molecule has 0 aliphatic heterocycles. The van der Waals surface area contributed by atoms with Crippen molar-refractivity contribution < 1.29 is 33.3 Å². The minimum absolute atomic E-state index is 0.248. The Morgan fingerprint density at radius 3 is 1.38 bits per heavy atom. The number of ether oxygens (including phenoxy) is 5. The third kappa shape index (κ3) is 16.5. The van der Waals surface area contributed by atoms with Crippen molar-refractivity contribution in [3.63, 3.8) is 0 Å². The van der Waals surface area contributed by atoms with E-state index in [0.29, 0.717) is 35.7 Å². The molecular formula is C56H58N2O7. The number of esters is 2. The maximum absolute atomic E-state index is 13.0. The first-order chi connectivity index (χ1) is 31.9. The summed E-state index contributed by atoms with van der Waals surface area (Å²) < 4.78 is 28.9. The lowest BCUT2D eigenvalue weighted by atomic mass is 10.0. The molecule has 6 rings (SSSR count). The number of nitrogens with zero attached hydrogens (tertiary/aromatic N) is 2. The second kappa shape index (κ2) is 26.4. The Balaban J connectivity index is 0.839. The van der Waals surface area contributed by atoms with Gasteiger partial charge in [0.05, 0.1) is 48.3 Å². The highest BCUT2D eigenvalue weighted by Crippen LogP contribution is 2.25. The van der Waals surface area contributed by atoms with Crippen LogP contribution >= 0.6 is 0 Å². The van der Waals surface area contributed by atoms with Crippen molar-refractivity contribution in [3.8, 4) is 45.9 Å². The monoisotopic (exact) mass is 870 g/mol. The van der Waals surface area contributed by atoms with Gasteiger partial charge in [0.15, 0.2) is 0 Å². The third-order valence-electron chi connectivity index (χ3n) is 10.7. The van der Waals surface area contributed by atoms with Crippen molar-refractivity contribution >= 4 is 23.8 Å². The zero-order valence-electron chi connectivity index (χ0n) is 37.3. The molecule has 0 aliphatic rings. The van der Waals surface area contributed by atoms with E-state index in [1.807, 2.05) is 72.8 Å². The summed E-state index contributed by atoms with van der Waals surface area (Å²) in [6, 6.07) is 45.6. The van der Waals surface area contributed by atoms with Gasteiger partial charge in [0.2, 0.25) is 0 Å². The highest BCUT2D eigenvalue weighted by Gasteiger charge is 2.13. The number of rotatable bonds is 26. The van der Waals surface area contributed by atoms with Gasteiger partial charge < -0.3 is 23.7 Å². The number of nitriles is 1. The van der Waals surface area contributed by atoms with Gasteiger partial charge >= 0.3 is 11.9 Å². The fourth-order valence-corrected chi connectivity index (χ4v) is 6.95. The number of carbonyl (C=O) groups excluding carboxylic acids is 2. The Morgan fingerprint density at radius 1 is 0.492 bits per heavy atom. The van der Waals surface area contributed by atoms with Gasteiger partial charge in [0, 0.05) is 12.3 Å². The fraction of sp³-hybridized carbons (Fsp3) is 0.286. The van der Waals surface area contributed by atoms with Crippen LogP contribution in [0.3, 0.4) is 0 Å². The molecule has 0 saturated heterocycles. The van der Waals surface area contributed by atoms with Crippen LogP contribution in [0.25, 0.3) is 11.1 Å². The Kier molecular flexibility index (Phi) is 19.2. The summed E-state index contributed by atoms with van der Waals surface area (Å²) in [6.45, 7) is 4.18. The van der Waals surface area contributed by atoms with E-state index in [0.717, 1.165) is 72.6 Å². The average Bonchev–Trinajstić information content (AvgIpc) is 3.34. The Labute approximate surface area is 383 Å². The summed E-state index contributed by atoms with van der Waals surface area (Å²) in [4.78, 5) is 30.5. The first-order valence-corrected chi connectivity index (χ1v) is 22.8. The molecule has 6 aromatic rings. The SMILES string of the molecule is CCCCCCCCCCOc1ccc(N=Cc2ccc(C(=O)Oc3cccc(OC(=O)c4ccc(OCCCCCCOc5ccc(-c6ccc(C#N)cc6)cc5)cc4)c3)cc2)cc1. The van der Waals surface area contributed by atoms with Crippen molar-refractivity contribution in [1.29, 1.82) is 5.26 Å². The van der Waals surface area contributed by atoms with Gasteiger partial charge in [-0.15, -0.1) is 0 Å². The summed E-state index contributed by atoms with van der Waals surface area (Å²) in [7, 11) is 0. The van der Waals surface area contributed by atoms with Gasteiger partial charge in [-0.2, -0.15) is 5.26 Å². The van der Waals surface area contributed by atoms with Crippen LogP contribution in [0.4, 0.5) is 5.69 Å². The predicted octanol–water partition coefficient (Wildman–Crippen LogP) is 14.0. The largest absolute Gasteiger partial charge is 0.494 e. The van der Waals surface area contributed by atoms with Gasteiger partial charge in [0.25, 0.3) is 0 Å². The lowest BCUT2D eigenvalue weighted by molar-refractivity contribution is 0.0732. The first-order valence-electron chi connectivity index (χ1n) is 22.8. The highest BCUT2D eigenvalue weighted by molar-refractivity contribution is 5.93. The Hall–Kier alpha value is -7.18. The molecule has 334 valence electrons. The number of benzene rings is 6. The minimum atomic E-state index is -0.542. The van der Waals surface area contributed by atoms with Crippen molar-refractivity contribution in [3.05, 3.63) is 168 Å². The van der Waals surface area contributed by atoms with Crippen molar-refractivity contribution in [1.82, 2.24) is 0 Å². The number of hydrogen-bond acceptors (Lipinski definition) is 9. The topological polar surface area (TPSA) is 116 Å². The summed E-state index contributed by atoms with van der Waals surface area (Å²) >= 11 is 0. The van der Waals surface area contributed by atoms with Gasteiger partial charge in [-0.05, 0) is 146 Å². The first kappa shape index (κ1) is 47.3. The van der Waals surface area contributed by atoms with E-state index in [2.05, 4.69) is 18.0 Å². The second-order valence-corrected chi connectivity index (χ2v) is 15.8. The van der Waals surface area contributed by atoms with Crippen molar-refractivity contribution in [2.45, 2.75) is 84.0 Å². The van der Waals surface area contributed by atoms with Gasteiger partial charge in [-0.3, -0.25) is 4.99 Å². The van der Waals surface area contributed by atoms with E-state index in [1.54, 1.807) is 72.9 Å². The maximum atomic E-state index is 13.0. The van der Waals surface area contributed by atoms with Crippen LogP contribution in [-0.2, 0) is 0 Å². The van der Waals surface area contributed by atoms with Gasteiger partial charge in [-0.25, -0.2) is 9.59 Å². The van der Waals surface area contributed by atoms with Gasteiger partial charge in [0.1, 0.15) is 28.7 Å². The molecule has 9 heteroatoms. The highest BCUT2D eigenvalue weighted by atomic mass is 16.5. The average molecular weight is 871 g/mol. The summed E-state index contributed by atoms with van der Waals surface area (Å²) in [5, 5.41) is 9.00. The molecule has 6 aromatic carbocycles. The third-order valence-corrected chi connectivity index (χ3v) is 10.7. The van der Waals surface area contributed by atoms with E-state index < -0.39 is 11.9 Å². The maximum Gasteiger partial charge on any atom is 0.343 e. The number of hydrogen-bond donors (Lipinski definition) is 0. The quantitative estimate of drug-likeness (QED) is 0.0229. The normalized spacial score (nSPS) is 10.9. The van der Waals surface area contributed by atoms with E-state index in [9.17, 15) is 9.59 Å². The van der Waals surface area contributed by atoms with Crippen molar-refractivity contribution in [2.24, 2.45) is 4.99 Å². The van der Waals surface area contributed by atoms with Crippen LogP contribution in [0.15, 0.2) is 151 Å². The molecule has 0 N–H and O–H groups in total. The molecule has 0 amide bonds. The van der Waals surface area contributed by atoms with Crippen LogP contribution in [0.2, 0.25) is 0 Å². The molecular weight excluding hydrogens is 813 g/mol. The minimum Gasteiger partial charge on any atom is -0.494 e. The molecule has 0 atom stereocenters. The molecule has 0 unspecified atom stereocenters. The Morgan fingerprint density at radius 2 is 0.908 bits per heavy atom. The second-order valence-electron chi connectivity index (χ2n) is 15.8. The molecule has 0 aliphatic carbocycles. The molecule has 0 fully saturated rings. The number of unbranched alkanes of at least 4 members (excludes halogenated alkanes) is 10. The molecule has 65 heavy (non-hydrogen) atoms. The standard InChI is InChI=1S/C56H58N2O7/c1-2-3-4-5-6-7-8-11-37-63-52-35-29-49(30-36-52)58-42-44-19-23-47(24-20-44)55(59)64-53-15-14-16-54(40-53)65-56(60)48-27-33-51(34-28-48)62-39-13-10-9-12-38-61-50-31-25-46(26-32-50)45-21-17-43(41-57)18-22-45/h14-36,40,42H,2-13,37-39H2,1H3. The smallest absolute Gasteiger partial charge is 0.343 e. The van der Waals surface area contributed by atoms with E-state index in [-0.39, 0.29) is 11.5 Å². The zero-order valence-corrected chi connectivity index (χ0v) is 37.3. The molecule has 0 aromatic heterocycles. The summed E-state index contributed by atoms with van der Waals surface area (Å²) in [5.41, 5.74) is 5.16. The fourth-order valence-electron chi connectivity index (χ4n) is 6.95. The molecule has 0 saturated carbocycles. The predicted molar refractivity (Wildman–Crippen MR) is 257 cm³/mol. The summed E-state index contributed by atoms with van der Waals surface area (Å²) in [5.74, 6) is 1.76. The van der Waals surface area contributed by atoms with Crippen LogP contribution in [0.5, 0.6) is 28.7 Å². The molecule has 0 spiro atoms. The lowest BCUT2D eigenvalue weighted by Crippen LogP contribution is -2.10. The lowest BCUT2D eigenvalue weighted by Gasteiger charge is -2.09. The molecule has 0 bridgehead atoms. The Bertz CT molecular complexity index is 2420. The summed E-state index contributed by atoms with van der Waals surface area (Å²) in [6.07, 6.45) is 15.8. The van der Waals surface area contributed by atoms with E-state index >= 15 is 0 Å². The van der Waals surface area contributed by atoms with Crippen LogP contribution in [-0.4, -0.2) is 38.0 Å². The molecule has 0 radical (unpaired) electrons. The number of carbonyl (C=O) groups is 2. The molecule has 9 nitrogen and oxygen atoms in total. The molecule has 0 heterocycles. The van der Waals surface area contributed by atoms with Crippen LogP contribution in [0.1, 0.15) is 116 Å². The van der Waals surface area contributed by atoms with Crippen LogP contribution in [0, 0.1) is 11.3 Å². The zero-order chi connectivity index (χ0) is 45.3. The van der Waals surface area contributed by atoms with Gasteiger partial charge in [-0.1, -0.05) is 94.3 Å². The van der Waals surface area contributed by atoms with E-state index in [1.165, 1.54) is 51.0 Å². The van der Waals surface area contributed by atoms with Crippen LogP contribution < -0.4 is 23.7 Å².